The Morgan fingerprint density at radius 1 is 0.903 bits per heavy atom. The molecule has 0 spiro atoms. The van der Waals surface area contributed by atoms with Gasteiger partial charge in [0.25, 0.3) is 0 Å². The molecule has 0 atom stereocenters. The van der Waals surface area contributed by atoms with E-state index in [1.165, 1.54) is 12.1 Å². The van der Waals surface area contributed by atoms with Gasteiger partial charge in [0.05, 0.1) is 5.56 Å². The number of imide groups is 1. The van der Waals surface area contributed by atoms with Crippen LogP contribution in [0.3, 0.4) is 0 Å². The summed E-state index contributed by atoms with van der Waals surface area (Å²) in [6, 6.07) is 9.76. The van der Waals surface area contributed by atoms with Crippen molar-refractivity contribution in [2.45, 2.75) is 32.0 Å². The van der Waals surface area contributed by atoms with Gasteiger partial charge in [0, 0.05) is 25.9 Å². The van der Waals surface area contributed by atoms with Crippen LogP contribution in [0.5, 0.6) is 11.5 Å². The zero-order valence-corrected chi connectivity index (χ0v) is 16.4. The van der Waals surface area contributed by atoms with Crippen LogP contribution in [0.15, 0.2) is 42.5 Å². The predicted molar refractivity (Wildman–Crippen MR) is 103 cm³/mol. The minimum absolute atomic E-state index is 0.138. The van der Waals surface area contributed by atoms with Gasteiger partial charge in [0.15, 0.2) is 0 Å². The Bertz CT molecular complexity index is 1020. The minimum atomic E-state index is -4.41. The second-order valence-electron chi connectivity index (χ2n) is 7.49. The molecule has 2 aliphatic heterocycles. The Morgan fingerprint density at radius 3 is 2.19 bits per heavy atom. The third kappa shape index (κ3) is 4.55. The zero-order valence-electron chi connectivity index (χ0n) is 16.4. The van der Waals surface area contributed by atoms with Crippen LogP contribution in [0.1, 0.15) is 29.5 Å². The van der Waals surface area contributed by atoms with Crippen LogP contribution in [0.25, 0.3) is 0 Å². The van der Waals surface area contributed by atoms with Crippen molar-refractivity contribution in [3.05, 3.63) is 59.2 Å². The van der Waals surface area contributed by atoms with Gasteiger partial charge in [-0.2, -0.15) is 13.2 Å². The molecule has 4 rings (SSSR count). The average molecular weight is 432 g/mol. The molecule has 0 bridgehead atoms. The number of rotatable bonds is 4. The van der Waals surface area contributed by atoms with E-state index in [-0.39, 0.29) is 42.9 Å². The molecule has 31 heavy (non-hydrogen) atoms. The lowest BCUT2D eigenvalue weighted by Crippen LogP contribution is -2.44. The van der Waals surface area contributed by atoms with E-state index in [1.807, 2.05) is 6.07 Å². The number of halogens is 3. The number of carbonyl (C=O) groups is 3. The Balaban J connectivity index is 1.43. The molecule has 2 aliphatic rings. The van der Waals surface area contributed by atoms with Crippen LogP contribution >= 0.6 is 0 Å². The Hall–Kier alpha value is -3.36. The summed E-state index contributed by atoms with van der Waals surface area (Å²) in [7, 11) is 0. The summed E-state index contributed by atoms with van der Waals surface area (Å²) >= 11 is 0. The average Bonchev–Trinajstić information content (AvgIpc) is 3.05. The summed E-state index contributed by atoms with van der Waals surface area (Å²) in [6.45, 7) is 0.518. The molecule has 0 unspecified atom stereocenters. The second kappa shape index (κ2) is 8.05. The van der Waals surface area contributed by atoms with Crippen LogP contribution in [-0.4, -0.2) is 40.6 Å². The summed E-state index contributed by atoms with van der Waals surface area (Å²) in [5, 5.41) is 0. The lowest BCUT2D eigenvalue weighted by molar-refractivity contribution is -0.145. The van der Waals surface area contributed by atoms with Crippen molar-refractivity contribution >= 4 is 17.7 Å². The van der Waals surface area contributed by atoms with E-state index < -0.39 is 11.7 Å². The van der Waals surface area contributed by atoms with E-state index in [9.17, 15) is 27.6 Å². The molecule has 0 N–H and O–H groups in total. The molecule has 9 heteroatoms. The normalized spacial score (nSPS) is 16.5. The highest BCUT2D eigenvalue weighted by Gasteiger charge is 2.33. The Labute approximate surface area is 176 Å². The van der Waals surface area contributed by atoms with E-state index in [1.54, 1.807) is 17.0 Å². The molecule has 1 fully saturated rings. The van der Waals surface area contributed by atoms with Crippen molar-refractivity contribution in [3.63, 3.8) is 0 Å². The van der Waals surface area contributed by atoms with Gasteiger partial charge in [-0.25, -0.2) is 0 Å². The summed E-state index contributed by atoms with van der Waals surface area (Å²) in [5.41, 5.74) is 1.13. The van der Waals surface area contributed by atoms with E-state index in [2.05, 4.69) is 0 Å². The quantitative estimate of drug-likeness (QED) is 0.694. The van der Waals surface area contributed by atoms with Gasteiger partial charge in [-0.1, -0.05) is 6.07 Å². The fraction of sp³-hybridized carbons (Fsp3) is 0.318. The number of alkyl halides is 3. The van der Waals surface area contributed by atoms with Gasteiger partial charge in [-0.15, -0.1) is 0 Å². The van der Waals surface area contributed by atoms with E-state index >= 15 is 0 Å². The number of ether oxygens (including phenoxy) is 1. The van der Waals surface area contributed by atoms with Crippen molar-refractivity contribution < 1.29 is 32.3 Å². The highest BCUT2D eigenvalue weighted by Crippen LogP contribution is 2.32. The lowest BCUT2D eigenvalue weighted by Gasteiger charge is -2.30. The summed E-state index contributed by atoms with van der Waals surface area (Å²) in [4.78, 5) is 38.7. The molecule has 0 aromatic heterocycles. The zero-order chi connectivity index (χ0) is 22.2. The number of benzene rings is 2. The molecule has 2 aromatic rings. The molecular weight excluding hydrogens is 413 g/mol. The maximum absolute atomic E-state index is 12.7. The first-order chi connectivity index (χ1) is 14.7. The van der Waals surface area contributed by atoms with Crippen LogP contribution in [0.4, 0.5) is 13.2 Å². The standard InChI is InChI=1S/C22H19F3N2O4/c23-22(24,25)16-2-5-17(6-3-16)31-18-4-1-14-9-10-26(12-15(14)11-18)21(30)13-27-19(28)7-8-20(27)29/h1-6,11H,7-10,12-13H2. The first-order valence-corrected chi connectivity index (χ1v) is 9.78. The van der Waals surface area contributed by atoms with Crippen molar-refractivity contribution in [3.8, 4) is 11.5 Å². The SMILES string of the molecule is O=C(CN1C(=O)CCC1=O)N1CCc2ccc(Oc3ccc(C(F)(F)F)cc3)cc2C1. The fourth-order valence-electron chi connectivity index (χ4n) is 3.69. The van der Waals surface area contributed by atoms with Gasteiger partial charge in [0.1, 0.15) is 18.0 Å². The molecular formula is C22H19F3N2O4. The van der Waals surface area contributed by atoms with Crippen LogP contribution in [0.2, 0.25) is 0 Å². The lowest BCUT2D eigenvalue weighted by atomic mass is 9.99. The molecule has 0 aliphatic carbocycles. The van der Waals surface area contributed by atoms with Crippen molar-refractivity contribution in [2.75, 3.05) is 13.1 Å². The number of hydrogen-bond donors (Lipinski definition) is 0. The third-order valence-electron chi connectivity index (χ3n) is 5.41. The highest BCUT2D eigenvalue weighted by atomic mass is 19.4. The number of amides is 3. The highest BCUT2D eigenvalue weighted by molar-refractivity contribution is 6.04. The maximum atomic E-state index is 12.7. The van der Waals surface area contributed by atoms with Crippen LogP contribution in [-0.2, 0) is 33.5 Å². The molecule has 162 valence electrons. The molecule has 2 heterocycles. The molecule has 2 aromatic carbocycles. The number of likely N-dealkylation sites (tertiary alicyclic amines) is 1. The fourth-order valence-corrected chi connectivity index (χ4v) is 3.69. The predicted octanol–water partition coefficient (Wildman–Crippen LogP) is 3.53. The van der Waals surface area contributed by atoms with Gasteiger partial charge in [-0.3, -0.25) is 19.3 Å². The molecule has 1 saturated heterocycles. The number of carbonyl (C=O) groups excluding carboxylic acids is 3. The number of fused-ring (bicyclic) bond motifs is 1. The van der Waals surface area contributed by atoms with E-state index in [0.717, 1.165) is 28.2 Å². The van der Waals surface area contributed by atoms with Gasteiger partial charge >= 0.3 is 6.18 Å². The molecule has 0 radical (unpaired) electrons. The number of nitrogens with zero attached hydrogens (tertiary/aromatic N) is 2. The topological polar surface area (TPSA) is 66.9 Å². The van der Waals surface area contributed by atoms with E-state index in [4.69, 9.17) is 4.74 Å². The van der Waals surface area contributed by atoms with Crippen LogP contribution in [0, 0.1) is 0 Å². The molecule has 0 saturated carbocycles. The van der Waals surface area contributed by atoms with Crippen molar-refractivity contribution in [1.29, 1.82) is 0 Å². The first-order valence-electron chi connectivity index (χ1n) is 9.78. The monoisotopic (exact) mass is 432 g/mol. The Kier molecular flexibility index (Phi) is 5.43. The largest absolute Gasteiger partial charge is 0.457 e. The van der Waals surface area contributed by atoms with E-state index in [0.29, 0.717) is 25.3 Å². The molecule has 3 amide bonds. The summed E-state index contributed by atoms with van der Waals surface area (Å²) in [5.74, 6) is -0.255. The number of hydrogen-bond acceptors (Lipinski definition) is 4. The maximum Gasteiger partial charge on any atom is 0.416 e. The minimum Gasteiger partial charge on any atom is -0.457 e. The smallest absolute Gasteiger partial charge is 0.416 e. The van der Waals surface area contributed by atoms with Gasteiger partial charge in [0.2, 0.25) is 17.7 Å². The third-order valence-corrected chi connectivity index (χ3v) is 5.41. The van der Waals surface area contributed by atoms with Crippen molar-refractivity contribution in [2.24, 2.45) is 0 Å². The van der Waals surface area contributed by atoms with Crippen LogP contribution < -0.4 is 4.74 Å². The summed E-state index contributed by atoms with van der Waals surface area (Å²) in [6.07, 6.45) is -3.52. The van der Waals surface area contributed by atoms with Gasteiger partial charge < -0.3 is 9.64 Å². The molecule has 6 nitrogen and oxygen atoms in total. The second-order valence-corrected chi connectivity index (χ2v) is 7.49. The summed E-state index contributed by atoms with van der Waals surface area (Å²) < 4.78 is 43.8. The van der Waals surface area contributed by atoms with Gasteiger partial charge in [-0.05, 0) is 53.9 Å². The Morgan fingerprint density at radius 2 is 1.55 bits per heavy atom. The van der Waals surface area contributed by atoms with Crippen molar-refractivity contribution in [1.82, 2.24) is 9.80 Å². The first kappa shape index (κ1) is 20.9.